The van der Waals surface area contributed by atoms with Crippen molar-refractivity contribution in [1.29, 1.82) is 0 Å². The van der Waals surface area contributed by atoms with Gasteiger partial charge in [-0.2, -0.15) is 0 Å². The summed E-state index contributed by atoms with van der Waals surface area (Å²) in [7, 11) is -0.417. The molecular formula is C5H15BO6. The third kappa shape index (κ3) is 22.6. The molecular weight excluding hydrogens is 167 g/mol. The highest BCUT2D eigenvalue weighted by Gasteiger charge is 2.00. The Balaban J connectivity index is 0. The Morgan fingerprint density at radius 1 is 1.08 bits per heavy atom. The van der Waals surface area contributed by atoms with E-state index in [2.05, 4.69) is 9.39 Å². The minimum atomic E-state index is -1.62. The fraction of sp³-hybridized carbons (Fsp3) is 1.00. The summed E-state index contributed by atoms with van der Waals surface area (Å²) in [6, 6.07) is 0. The van der Waals surface area contributed by atoms with Gasteiger partial charge in [0.2, 0.25) is 0 Å². The van der Waals surface area contributed by atoms with Gasteiger partial charge >= 0.3 is 7.32 Å². The maximum atomic E-state index is 8.09. The molecule has 0 rings (SSSR count). The van der Waals surface area contributed by atoms with Gasteiger partial charge in [0.15, 0.2) is 0 Å². The van der Waals surface area contributed by atoms with Crippen LogP contribution in [-0.4, -0.2) is 61.1 Å². The Hall–Kier alpha value is -0.175. The van der Waals surface area contributed by atoms with Crippen LogP contribution >= 0.6 is 0 Å². The lowest BCUT2D eigenvalue weighted by Crippen LogP contribution is -2.12. The highest BCUT2D eigenvalue weighted by molar-refractivity contribution is 6.32. The van der Waals surface area contributed by atoms with Crippen molar-refractivity contribution >= 4 is 7.32 Å². The van der Waals surface area contributed by atoms with Crippen molar-refractivity contribution in [2.45, 2.75) is 0 Å². The van der Waals surface area contributed by atoms with Crippen LogP contribution in [0.3, 0.4) is 0 Å². The monoisotopic (exact) mass is 182 g/mol. The standard InChI is InChI=1S/C4H10O3.CH5BO3/c5-1-3-7-4-2-6;1-5-2(3)4/h5-6H,1-4H2;3-4H,1H3. The Morgan fingerprint density at radius 3 is 1.58 bits per heavy atom. The second-order valence-electron chi connectivity index (χ2n) is 1.62. The van der Waals surface area contributed by atoms with Crippen molar-refractivity contribution in [2.24, 2.45) is 0 Å². The molecule has 0 aliphatic heterocycles. The van der Waals surface area contributed by atoms with E-state index in [-0.39, 0.29) is 13.2 Å². The maximum absolute atomic E-state index is 8.09. The van der Waals surface area contributed by atoms with E-state index in [9.17, 15) is 0 Å². The highest BCUT2D eigenvalue weighted by atomic mass is 16.6. The number of hydrogen-bond acceptors (Lipinski definition) is 6. The van der Waals surface area contributed by atoms with E-state index < -0.39 is 7.32 Å². The number of aliphatic hydroxyl groups is 2. The smallest absolute Gasteiger partial charge is 0.402 e. The lowest BCUT2D eigenvalue weighted by atomic mass is 10.3. The average Bonchev–Trinajstić information content (AvgIpc) is 2.07. The van der Waals surface area contributed by atoms with E-state index in [1.54, 1.807) is 0 Å². The molecule has 0 unspecified atom stereocenters. The molecule has 0 aromatic carbocycles. The second-order valence-corrected chi connectivity index (χ2v) is 1.62. The van der Waals surface area contributed by atoms with Gasteiger partial charge in [0.05, 0.1) is 26.4 Å². The fourth-order valence-corrected chi connectivity index (χ4v) is 0.231. The van der Waals surface area contributed by atoms with Gasteiger partial charge < -0.3 is 29.7 Å². The Bertz CT molecular complexity index is 67.0. The first-order valence-corrected chi connectivity index (χ1v) is 3.37. The Kier molecular flexibility index (Phi) is 16.0. The van der Waals surface area contributed by atoms with Crippen molar-refractivity contribution < 1.29 is 29.7 Å². The number of hydrogen-bond donors (Lipinski definition) is 4. The van der Waals surface area contributed by atoms with Gasteiger partial charge in [0.25, 0.3) is 0 Å². The van der Waals surface area contributed by atoms with Crippen LogP contribution in [0.2, 0.25) is 0 Å². The van der Waals surface area contributed by atoms with E-state index in [1.807, 2.05) is 0 Å². The molecule has 12 heavy (non-hydrogen) atoms. The van der Waals surface area contributed by atoms with Gasteiger partial charge in [-0.3, -0.25) is 0 Å². The van der Waals surface area contributed by atoms with Gasteiger partial charge in [0.1, 0.15) is 0 Å². The normalized spacial score (nSPS) is 8.75. The molecule has 0 aromatic rings. The summed E-state index contributed by atoms with van der Waals surface area (Å²) in [5.74, 6) is 0. The molecule has 0 aromatic heterocycles. The van der Waals surface area contributed by atoms with Crippen molar-refractivity contribution in [1.82, 2.24) is 0 Å². The van der Waals surface area contributed by atoms with Gasteiger partial charge in [-0.05, 0) is 0 Å². The molecule has 6 nitrogen and oxygen atoms in total. The molecule has 7 heteroatoms. The van der Waals surface area contributed by atoms with Crippen molar-refractivity contribution in [3.05, 3.63) is 0 Å². The van der Waals surface area contributed by atoms with Crippen LogP contribution in [0.15, 0.2) is 0 Å². The van der Waals surface area contributed by atoms with Crippen LogP contribution in [0, 0.1) is 0 Å². The van der Waals surface area contributed by atoms with Gasteiger partial charge in [0, 0.05) is 7.11 Å². The highest BCUT2D eigenvalue weighted by Crippen LogP contribution is 1.68. The zero-order valence-electron chi connectivity index (χ0n) is 7.01. The zero-order valence-corrected chi connectivity index (χ0v) is 7.01. The van der Waals surface area contributed by atoms with Crippen LogP contribution in [0.5, 0.6) is 0 Å². The zero-order chi connectivity index (χ0) is 9.82. The molecule has 0 atom stereocenters. The van der Waals surface area contributed by atoms with Crippen molar-refractivity contribution in [3.63, 3.8) is 0 Å². The van der Waals surface area contributed by atoms with E-state index in [0.717, 1.165) is 0 Å². The number of rotatable bonds is 5. The van der Waals surface area contributed by atoms with Gasteiger partial charge in [-0.25, -0.2) is 0 Å². The second kappa shape index (κ2) is 13.4. The van der Waals surface area contributed by atoms with Gasteiger partial charge in [-0.15, -0.1) is 0 Å². The first-order chi connectivity index (χ1) is 5.68. The molecule has 0 fully saturated rings. The maximum Gasteiger partial charge on any atom is 0.633 e. The minimum absolute atomic E-state index is 0.0278. The predicted octanol–water partition coefficient (Wildman–Crippen LogP) is -2.41. The summed E-state index contributed by atoms with van der Waals surface area (Å²) in [6.45, 7) is 0.696. The number of ether oxygens (including phenoxy) is 1. The lowest BCUT2D eigenvalue weighted by Gasteiger charge is -1.94. The van der Waals surface area contributed by atoms with E-state index >= 15 is 0 Å². The Labute approximate surface area is 71.5 Å². The summed E-state index contributed by atoms with van der Waals surface area (Å²) in [4.78, 5) is 0. The molecule has 0 aliphatic rings. The SMILES string of the molecule is COB(O)O.OCCOCCO. The topological polar surface area (TPSA) is 99.4 Å². The molecule has 0 heterocycles. The number of aliphatic hydroxyl groups excluding tert-OH is 2. The molecule has 4 N–H and O–H groups in total. The molecule has 0 spiro atoms. The quantitative estimate of drug-likeness (QED) is 0.279. The molecule has 74 valence electrons. The van der Waals surface area contributed by atoms with Crippen LogP contribution in [0.4, 0.5) is 0 Å². The predicted molar refractivity (Wildman–Crippen MR) is 42.2 cm³/mol. The lowest BCUT2D eigenvalue weighted by molar-refractivity contribution is 0.0650. The minimum Gasteiger partial charge on any atom is -0.402 e. The van der Waals surface area contributed by atoms with Crippen molar-refractivity contribution in [3.8, 4) is 0 Å². The largest absolute Gasteiger partial charge is 0.633 e. The first kappa shape index (κ1) is 14.4. The third-order valence-electron chi connectivity index (χ3n) is 0.682. The van der Waals surface area contributed by atoms with Crippen LogP contribution in [-0.2, 0) is 9.39 Å². The molecule has 0 amide bonds. The molecule has 0 bridgehead atoms. The molecule has 0 saturated carbocycles. The van der Waals surface area contributed by atoms with Crippen LogP contribution in [0.1, 0.15) is 0 Å². The van der Waals surface area contributed by atoms with Crippen LogP contribution in [0.25, 0.3) is 0 Å². The summed E-state index contributed by atoms with van der Waals surface area (Å²) in [5, 5.41) is 31.6. The van der Waals surface area contributed by atoms with Gasteiger partial charge in [-0.1, -0.05) is 0 Å². The molecule has 0 saturated heterocycles. The van der Waals surface area contributed by atoms with E-state index in [1.165, 1.54) is 7.11 Å². The summed E-state index contributed by atoms with van der Waals surface area (Å²) in [5.41, 5.74) is 0. The summed E-state index contributed by atoms with van der Waals surface area (Å²) < 4.78 is 8.49. The fourth-order valence-electron chi connectivity index (χ4n) is 0.231. The summed E-state index contributed by atoms with van der Waals surface area (Å²) >= 11 is 0. The third-order valence-corrected chi connectivity index (χ3v) is 0.682. The first-order valence-electron chi connectivity index (χ1n) is 3.37. The molecule has 0 radical (unpaired) electrons. The van der Waals surface area contributed by atoms with E-state index in [4.69, 9.17) is 20.3 Å². The summed E-state index contributed by atoms with van der Waals surface area (Å²) in [6.07, 6.45) is 0. The van der Waals surface area contributed by atoms with Crippen molar-refractivity contribution in [2.75, 3.05) is 33.5 Å². The van der Waals surface area contributed by atoms with Crippen LogP contribution < -0.4 is 0 Å². The molecule has 0 aliphatic carbocycles. The average molecular weight is 182 g/mol. The Morgan fingerprint density at radius 2 is 1.42 bits per heavy atom. The van der Waals surface area contributed by atoms with E-state index in [0.29, 0.717) is 13.2 Å².